The molecule has 1 aliphatic heterocycles. The van der Waals surface area contributed by atoms with E-state index >= 15 is 0 Å². The Labute approximate surface area is 114 Å². The second-order valence-corrected chi connectivity index (χ2v) is 6.43. The van der Waals surface area contributed by atoms with Gasteiger partial charge in [0.1, 0.15) is 5.54 Å². The first-order valence-electron chi connectivity index (χ1n) is 6.79. The molecule has 0 bridgehead atoms. The standard InChI is InChI=1S/C14H24N2O3/c1-6-7-8-14(5)11(18)16(12(19)15-14)9-10(17)13(2,3)4/h6-9H2,1-5H3,(H,15,19)/t14-/m0/s1. The van der Waals surface area contributed by atoms with Gasteiger partial charge in [-0.2, -0.15) is 0 Å². The normalized spacial score (nSPS) is 23.7. The van der Waals surface area contributed by atoms with E-state index in [1.807, 2.05) is 6.92 Å². The average molecular weight is 268 g/mol. The van der Waals surface area contributed by atoms with E-state index in [9.17, 15) is 14.4 Å². The minimum Gasteiger partial charge on any atom is -0.323 e. The summed E-state index contributed by atoms with van der Waals surface area (Å²) >= 11 is 0. The first-order chi connectivity index (χ1) is 8.62. The van der Waals surface area contributed by atoms with Gasteiger partial charge in [-0.05, 0) is 13.3 Å². The van der Waals surface area contributed by atoms with Crippen molar-refractivity contribution in [1.82, 2.24) is 10.2 Å². The summed E-state index contributed by atoms with van der Waals surface area (Å²) in [7, 11) is 0. The third-order valence-corrected chi connectivity index (χ3v) is 3.51. The fourth-order valence-corrected chi connectivity index (χ4v) is 1.97. The molecule has 5 nitrogen and oxygen atoms in total. The zero-order valence-corrected chi connectivity index (χ0v) is 12.5. The summed E-state index contributed by atoms with van der Waals surface area (Å²) in [4.78, 5) is 37.2. The van der Waals surface area contributed by atoms with Gasteiger partial charge in [-0.1, -0.05) is 40.5 Å². The molecule has 0 unspecified atom stereocenters. The second-order valence-electron chi connectivity index (χ2n) is 6.43. The van der Waals surface area contributed by atoms with Crippen LogP contribution in [0.1, 0.15) is 53.9 Å². The SMILES string of the molecule is CCCC[C@]1(C)NC(=O)N(CC(=O)C(C)(C)C)C1=O. The Morgan fingerprint density at radius 2 is 1.89 bits per heavy atom. The van der Waals surface area contributed by atoms with Gasteiger partial charge in [-0.25, -0.2) is 4.79 Å². The Balaban J connectivity index is 2.80. The van der Waals surface area contributed by atoms with E-state index in [0.29, 0.717) is 6.42 Å². The van der Waals surface area contributed by atoms with E-state index in [0.717, 1.165) is 17.7 Å². The highest BCUT2D eigenvalue weighted by atomic mass is 16.2. The predicted octanol–water partition coefficient (Wildman–Crippen LogP) is 2.10. The third kappa shape index (κ3) is 3.33. The number of amides is 3. The number of rotatable bonds is 5. The van der Waals surface area contributed by atoms with Crippen LogP contribution in [0.5, 0.6) is 0 Å². The molecule has 1 rings (SSSR count). The van der Waals surface area contributed by atoms with Crippen molar-refractivity contribution in [3.63, 3.8) is 0 Å². The largest absolute Gasteiger partial charge is 0.325 e. The van der Waals surface area contributed by atoms with E-state index in [4.69, 9.17) is 0 Å². The molecule has 0 radical (unpaired) electrons. The number of Topliss-reactive ketones (excluding diaryl/α,β-unsaturated/α-hetero) is 1. The lowest BCUT2D eigenvalue weighted by Gasteiger charge is -2.23. The number of hydrogen-bond acceptors (Lipinski definition) is 3. The van der Waals surface area contributed by atoms with E-state index in [2.05, 4.69) is 5.32 Å². The van der Waals surface area contributed by atoms with Crippen LogP contribution in [-0.4, -0.2) is 34.7 Å². The summed E-state index contributed by atoms with van der Waals surface area (Å²) in [6, 6.07) is -0.457. The molecule has 1 heterocycles. The Bertz CT molecular complexity index is 398. The Morgan fingerprint density at radius 1 is 1.32 bits per heavy atom. The smallest absolute Gasteiger partial charge is 0.323 e. The maximum absolute atomic E-state index is 12.3. The predicted molar refractivity (Wildman–Crippen MR) is 72.6 cm³/mol. The zero-order valence-electron chi connectivity index (χ0n) is 12.5. The van der Waals surface area contributed by atoms with Crippen molar-refractivity contribution in [3.8, 4) is 0 Å². The van der Waals surface area contributed by atoms with Gasteiger partial charge in [0.05, 0.1) is 6.54 Å². The molecular weight excluding hydrogens is 244 g/mol. The number of carbonyl (C=O) groups is 3. The van der Waals surface area contributed by atoms with Crippen molar-refractivity contribution in [3.05, 3.63) is 0 Å². The van der Waals surface area contributed by atoms with Crippen molar-refractivity contribution in [2.45, 2.75) is 59.4 Å². The van der Waals surface area contributed by atoms with E-state index in [-0.39, 0.29) is 18.2 Å². The molecule has 0 saturated carbocycles. The molecule has 0 aromatic carbocycles. The summed E-state index contributed by atoms with van der Waals surface area (Å²) in [5.41, 5.74) is -1.41. The minimum atomic E-state index is -0.856. The number of nitrogens with one attached hydrogen (secondary N) is 1. The topological polar surface area (TPSA) is 66.5 Å². The van der Waals surface area contributed by atoms with Crippen LogP contribution in [0.15, 0.2) is 0 Å². The van der Waals surface area contributed by atoms with Crippen molar-refractivity contribution < 1.29 is 14.4 Å². The lowest BCUT2D eigenvalue weighted by Crippen LogP contribution is -2.44. The summed E-state index contributed by atoms with van der Waals surface area (Å²) < 4.78 is 0. The molecule has 3 amide bonds. The van der Waals surface area contributed by atoms with Crippen molar-refractivity contribution in [1.29, 1.82) is 0 Å². The second kappa shape index (κ2) is 5.31. The van der Waals surface area contributed by atoms with E-state index in [1.54, 1.807) is 27.7 Å². The number of urea groups is 1. The average Bonchev–Trinajstić information content (AvgIpc) is 2.49. The van der Waals surface area contributed by atoms with Gasteiger partial charge >= 0.3 is 6.03 Å². The first-order valence-corrected chi connectivity index (χ1v) is 6.79. The molecule has 19 heavy (non-hydrogen) atoms. The van der Waals surface area contributed by atoms with Crippen LogP contribution < -0.4 is 5.32 Å². The highest BCUT2D eigenvalue weighted by Gasteiger charge is 2.48. The summed E-state index contributed by atoms with van der Waals surface area (Å²) in [5, 5.41) is 2.71. The van der Waals surface area contributed by atoms with Crippen LogP contribution >= 0.6 is 0 Å². The van der Waals surface area contributed by atoms with Gasteiger partial charge in [0.25, 0.3) is 5.91 Å². The lowest BCUT2D eigenvalue weighted by molar-refractivity contribution is -0.136. The Hall–Kier alpha value is -1.39. The van der Waals surface area contributed by atoms with E-state index in [1.165, 1.54) is 0 Å². The quantitative estimate of drug-likeness (QED) is 0.776. The number of ketones is 1. The van der Waals surface area contributed by atoms with E-state index < -0.39 is 17.0 Å². The number of hydrogen-bond donors (Lipinski definition) is 1. The molecule has 0 aromatic rings. The molecular formula is C14H24N2O3. The Kier molecular flexibility index (Phi) is 4.38. The molecule has 1 saturated heterocycles. The number of nitrogens with zero attached hydrogens (tertiary/aromatic N) is 1. The zero-order chi connectivity index (χ0) is 14.8. The molecule has 0 aromatic heterocycles. The third-order valence-electron chi connectivity index (χ3n) is 3.51. The molecule has 1 N–H and O–H groups in total. The van der Waals surface area contributed by atoms with Crippen LogP contribution in [0.25, 0.3) is 0 Å². The Morgan fingerprint density at radius 3 is 2.37 bits per heavy atom. The minimum absolute atomic E-state index is 0.115. The summed E-state index contributed by atoms with van der Waals surface area (Å²) in [5.74, 6) is -0.403. The van der Waals surface area contributed by atoms with Gasteiger partial charge in [0.2, 0.25) is 0 Å². The van der Waals surface area contributed by atoms with Gasteiger partial charge < -0.3 is 5.32 Å². The number of unbranched alkanes of at least 4 members (excludes halogenated alkanes) is 1. The molecule has 1 fully saturated rings. The fraction of sp³-hybridized carbons (Fsp3) is 0.786. The van der Waals surface area contributed by atoms with Crippen LogP contribution in [-0.2, 0) is 9.59 Å². The maximum Gasteiger partial charge on any atom is 0.325 e. The van der Waals surface area contributed by atoms with Crippen LogP contribution in [0, 0.1) is 5.41 Å². The highest BCUT2D eigenvalue weighted by Crippen LogP contribution is 2.24. The fourth-order valence-electron chi connectivity index (χ4n) is 1.97. The molecule has 1 atom stereocenters. The summed E-state index contributed by atoms with van der Waals surface area (Å²) in [6.07, 6.45) is 2.43. The molecule has 5 heteroatoms. The van der Waals surface area contributed by atoms with Gasteiger partial charge in [-0.15, -0.1) is 0 Å². The van der Waals surface area contributed by atoms with Crippen LogP contribution in [0.3, 0.4) is 0 Å². The number of imide groups is 1. The van der Waals surface area contributed by atoms with Crippen molar-refractivity contribution in [2.24, 2.45) is 5.41 Å². The molecule has 0 spiro atoms. The van der Waals surface area contributed by atoms with Gasteiger partial charge in [-0.3, -0.25) is 14.5 Å². The monoisotopic (exact) mass is 268 g/mol. The van der Waals surface area contributed by atoms with Crippen molar-refractivity contribution >= 4 is 17.7 Å². The molecule has 108 valence electrons. The highest BCUT2D eigenvalue weighted by molar-refractivity contribution is 6.09. The van der Waals surface area contributed by atoms with Crippen LogP contribution in [0.2, 0.25) is 0 Å². The maximum atomic E-state index is 12.3. The lowest BCUT2D eigenvalue weighted by atomic mass is 9.90. The van der Waals surface area contributed by atoms with Crippen LogP contribution in [0.4, 0.5) is 4.79 Å². The van der Waals surface area contributed by atoms with Crippen molar-refractivity contribution in [2.75, 3.05) is 6.54 Å². The number of carbonyl (C=O) groups excluding carboxylic acids is 3. The molecule has 0 aliphatic carbocycles. The molecule has 1 aliphatic rings. The summed E-state index contributed by atoms with van der Waals surface area (Å²) in [6.45, 7) is 8.96. The first kappa shape index (κ1) is 15.7. The van der Waals surface area contributed by atoms with Gasteiger partial charge in [0.15, 0.2) is 5.78 Å². The van der Waals surface area contributed by atoms with Gasteiger partial charge in [0, 0.05) is 5.41 Å².